The highest BCUT2D eigenvalue weighted by atomic mass is 19.4. The molecule has 2 aromatic rings. The summed E-state index contributed by atoms with van der Waals surface area (Å²) in [6, 6.07) is 12.3. The fourth-order valence-electron chi connectivity index (χ4n) is 2.21. The number of halogens is 3. The summed E-state index contributed by atoms with van der Waals surface area (Å²) in [6.45, 7) is 1.79. The second kappa shape index (κ2) is 9.07. The lowest BCUT2D eigenvalue weighted by atomic mass is 10.2. The summed E-state index contributed by atoms with van der Waals surface area (Å²) in [5.74, 6) is -1.11. The molecule has 28 heavy (non-hydrogen) atoms. The van der Waals surface area contributed by atoms with Crippen molar-refractivity contribution >= 4 is 23.6 Å². The highest BCUT2D eigenvalue weighted by molar-refractivity contribution is 5.97. The van der Waals surface area contributed by atoms with E-state index in [1.165, 1.54) is 36.2 Å². The summed E-state index contributed by atoms with van der Waals surface area (Å²) in [4.78, 5) is 25.3. The van der Waals surface area contributed by atoms with Gasteiger partial charge in [-0.1, -0.05) is 29.8 Å². The quantitative estimate of drug-likeness (QED) is 0.756. The Morgan fingerprint density at radius 1 is 1.07 bits per heavy atom. The first-order chi connectivity index (χ1) is 13.1. The van der Waals surface area contributed by atoms with Crippen LogP contribution in [0.25, 0.3) is 6.08 Å². The molecule has 0 aliphatic carbocycles. The van der Waals surface area contributed by atoms with Crippen molar-refractivity contribution < 1.29 is 27.5 Å². The maximum absolute atomic E-state index is 12.1. The molecule has 1 N–H and O–H groups in total. The van der Waals surface area contributed by atoms with Gasteiger partial charge in [0.1, 0.15) is 5.75 Å². The number of hydrogen-bond donors (Lipinski definition) is 1. The molecule has 2 rings (SSSR count). The number of nitrogens with one attached hydrogen (secondary N) is 1. The highest BCUT2D eigenvalue weighted by Gasteiger charge is 2.30. The minimum atomic E-state index is -4.75. The van der Waals surface area contributed by atoms with Crippen LogP contribution in [0.4, 0.5) is 18.9 Å². The third-order valence-electron chi connectivity index (χ3n) is 3.62. The molecule has 0 aliphatic heterocycles. The number of ether oxygens (including phenoxy) is 1. The molecular formula is C20H19F3N2O3. The van der Waals surface area contributed by atoms with Crippen molar-refractivity contribution in [2.75, 3.05) is 18.9 Å². The normalized spacial score (nSPS) is 11.3. The summed E-state index contributed by atoms with van der Waals surface area (Å²) >= 11 is 0. The van der Waals surface area contributed by atoms with Crippen molar-refractivity contribution in [1.82, 2.24) is 4.90 Å². The van der Waals surface area contributed by atoms with Crippen LogP contribution in [-0.4, -0.2) is 36.7 Å². The predicted octanol–water partition coefficient (Wildman–Crippen LogP) is 4.00. The number of rotatable bonds is 6. The first-order valence-electron chi connectivity index (χ1n) is 8.28. The molecule has 8 heteroatoms. The topological polar surface area (TPSA) is 58.6 Å². The first kappa shape index (κ1) is 21.0. The van der Waals surface area contributed by atoms with Gasteiger partial charge in [0, 0.05) is 18.8 Å². The van der Waals surface area contributed by atoms with Crippen LogP contribution in [0.1, 0.15) is 11.1 Å². The number of carbonyl (C=O) groups excluding carboxylic acids is 2. The Morgan fingerprint density at radius 2 is 1.68 bits per heavy atom. The van der Waals surface area contributed by atoms with Crippen LogP contribution < -0.4 is 10.1 Å². The number of nitrogens with zero attached hydrogens (tertiary/aromatic N) is 1. The van der Waals surface area contributed by atoms with Gasteiger partial charge in [0.15, 0.2) is 0 Å². The average Bonchev–Trinajstić information content (AvgIpc) is 2.61. The third-order valence-corrected chi connectivity index (χ3v) is 3.62. The van der Waals surface area contributed by atoms with Crippen LogP contribution in [0.2, 0.25) is 0 Å². The Hall–Kier alpha value is -3.29. The smallest absolute Gasteiger partial charge is 0.406 e. The summed E-state index contributed by atoms with van der Waals surface area (Å²) < 4.78 is 40.2. The van der Waals surface area contributed by atoms with Crippen LogP contribution in [0.15, 0.2) is 54.6 Å². The molecular weight excluding hydrogens is 373 g/mol. The van der Waals surface area contributed by atoms with Crippen molar-refractivity contribution in [1.29, 1.82) is 0 Å². The minimum Gasteiger partial charge on any atom is -0.406 e. The Labute approximate surface area is 160 Å². The molecule has 0 heterocycles. The second-order valence-electron chi connectivity index (χ2n) is 6.06. The molecule has 0 fully saturated rings. The fraction of sp³-hybridized carbons (Fsp3) is 0.200. The maximum atomic E-state index is 12.1. The number of benzene rings is 2. The van der Waals surface area contributed by atoms with Gasteiger partial charge in [-0.05, 0) is 42.8 Å². The molecule has 148 valence electrons. The van der Waals surface area contributed by atoms with Crippen molar-refractivity contribution in [2.24, 2.45) is 0 Å². The maximum Gasteiger partial charge on any atom is 0.573 e. The number of anilines is 1. The van der Waals surface area contributed by atoms with E-state index >= 15 is 0 Å². The van der Waals surface area contributed by atoms with Crippen molar-refractivity contribution in [3.63, 3.8) is 0 Å². The van der Waals surface area contributed by atoms with Gasteiger partial charge in [-0.25, -0.2) is 0 Å². The molecule has 2 amide bonds. The van der Waals surface area contributed by atoms with Gasteiger partial charge in [0.25, 0.3) is 0 Å². The van der Waals surface area contributed by atoms with E-state index in [2.05, 4.69) is 10.1 Å². The summed E-state index contributed by atoms with van der Waals surface area (Å²) in [7, 11) is 1.47. The van der Waals surface area contributed by atoms with Crippen LogP contribution in [0, 0.1) is 6.92 Å². The molecule has 5 nitrogen and oxygen atoms in total. The van der Waals surface area contributed by atoms with Gasteiger partial charge in [-0.3, -0.25) is 9.59 Å². The summed E-state index contributed by atoms with van der Waals surface area (Å²) in [6.07, 6.45) is -2.08. The van der Waals surface area contributed by atoms with Crippen molar-refractivity contribution in [3.05, 3.63) is 65.7 Å². The fourth-order valence-corrected chi connectivity index (χ4v) is 2.21. The van der Waals surface area contributed by atoms with Crippen LogP contribution in [0.5, 0.6) is 5.75 Å². The number of carbonyl (C=O) groups is 2. The zero-order valence-electron chi connectivity index (χ0n) is 15.3. The van der Waals surface area contributed by atoms with E-state index in [9.17, 15) is 22.8 Å². The molecule has 0 aromatic heterocycles. The van der Waals surface area contributed by atoms with Gasteiger partial charge in [0.05, 0.1) is 6.54 Å². The first-order valence-corrected chi connectivity index (χ1v) is 8.28. The molecule has 0 unspecified atom stereocenters. The van der Waals surface area contributed by atoms with Crippen LogP contribution in [-0.2, 0) is 9.59 Å². The predicted molar refractivity (Wildman–Crippen MR) is 99.6 cm³/mol. The molecule has 2 aromatic carbocycles. The number of hydrogen-bond acceptors (Lipinski definition) is 3. The van der Waals surface area contributed by atoms with E-state index in [0.717, 1.165) is 17.7 Å². The van der Waals surface area contributed by atoms with Gasteiger partial charge in [-0.15, -0.1) is 13.2 Å². The minimum absolute atomic E-state index is 0.143. The summed E-state index contributed by atoms with van der Waals surface area (Å²) in [5, 5.41) is 2.69. The largest absolute Gasteiger partial charge is 0.573 e. The van der Waals surface area contributed by atoms with Gasteiger partial charge in [-0.2, -0.15) is 0 Å². The highest BCUT2D eigenvalue weighted by Crippen LogP contribution is 2.23. The monoisotopic (exact) mass is 392 g/mol. The van der Waals surface area contributed by atoms with Gasteiger partial charge >= 0.3 is 6.36 Å². The standard InChI is InChI=1S/C20H19F3N2O3/c1-14-3-8-16(9-4-14)24-18(26)13-25(2)19(27)12-7-15-5-10-17(11-6-15)28-20(21,22)23/h3-12H,13H2,1-2H3,(H,24,26)/b12-7+. The lowest BCUT2D eigenvalue weighted by Crippen LogP contribution is -2.33. The summed E-state index contributed by atoms with van der Waals surface area (Å²) in [5.41, 5.74) is 2.21. The molecule has 0 saturated heterocycles. The van der Waals surface area contributed by atoms with Crippen LogP contribution >= 0.6 is 0 Å². The average molecular weight is 392 g/mol. The zero-order valence-corrected chi connectivity index (χ0v) is 15.3. The third kappa shape index (κ3) is 7.14. The molecule has 0 spiro atoms. The molecule has 0 bridgehead atoms. The van der Waals surface area contributed by atoms with E-state index in [-0.39, 0.29) is 18.2 Å². The molecule has 0 saturated carbocycles. The number of likely N-dealkylation sites (N-methyl/N-ethyl adjacent to an activating group) is 1. The number of aryl methyl sites for hydroxylation is 1. The van der Waals surface area contributed by atoms with E-state index in [4.69, 9.17) is 0 Å². The Kier molecular flexibility index (Phi) is 6.81. The molecule has 0 atom stereocenters. The lowest BCUT2D eigenvalue weighted by Gasteiger charge is -2.15. The van der Waals surface area contributed by atoms with Gasteiger partial charge in [0.2, 0.25) is 11.8 Å². The van der Waals surface area contributed by atoms with Gasteiger partial charge < -0.3 is 15.0 Å². The number of amides is 2. The van der Waals surface area contributed by atoms with E-state index in [1.807, 2.05) is 19.1 Å². The number of alkyl halides is 3. The Balaban J connectivity index is 1.87. The second-order valence-corrected chi connectivity index (χ2v) is 6.06. The van der Waals surface area contributed by atoms with E-state index in [0.29, 0.717) is 11.3 Å². The Morgan fingerprint density at radius 3 is 2.25 bits per heavy atom. The van der Waals surface area contributed by atoms with Crippen molar-refractivity contribution in [3.8, 4) is 5.75 Å². The molecule has 0 aliphatic rings. The molecule has 0 radical (unpaired) electrons. The lowest BCUT2D eigenvalue weighted by molar-refractivity contribution is -0.274. The van der Waals surface area contributed by atoms with E-state index < -0.39 is 12.3 Å². The SMILES string of the molecule is Cc1ccc(NC(=O)CN(C)C(=O)/C=C/c2ccc(OC(F)(F)F)cc2)cc1. The van der Waals surface area contributed by atoms with Crippen molar-refractivity contribution in [2.45, 2.75) is 13.3 Å². The Bertz CT molecular complexity index is 844. The zero-order chi connectivity index (χ0) is 20.7. The van der Waals surface area contributed by atoms with Crippen LogP contribution in [0.3, 0.4) is 0 Å². The van der Waals surface area contributed by atoms with E-state index in [1.54, 1.807) is 12.1 Å².